The number of aromatic nitrogens is 3. The Labute approximate surface area is 189 Å². The Morgan fingerprint density at radius 3 is 2.97 bits per heavy atom. The van der Waals surface area contributed by atoms with Crippen molar-refractivity contribution in [1.29, 1.82) is 0 Å². The van der Waals surface area contributed by atoms with Crippen LogP contribution in [-0.4, -0.2) is 58.2 Å². The highest BCUT2D eigenvalue weighted by atomic mass is 32.1. The smallest absolute Gasteiger partial charge is 0.235 e. The Balaban J connectivity index is 1.59. The van der Waals surface area contributed by atoms with Crippen molar-refractivity contribution in [2.24, 2.45) is 5.73 Å². The van der Waals surface area contributed by atoms with Crippen molar-refractivity contribution < 1.29 is 9.53 Å². The fourth-order valence-electron chi connectivity index (χ4n) is 4.36. The average molecular weight is 452 g/mol. The van der Waals surface area contributed by atoms with Gasteiger partial charge in [-0.3, -0.25) is 9.69 Å². The summed E-state index contributed by atoms with van der Waals surface area (Å²) in [7, 11) is 1.69. The lowest BCUT2D eigenvalue weighted by Crippen LogP contribution is -2.55. The van der Waals surface area contributed by atoms with Gasteiger partial charge in [0.05, 0.1) is 23.5 Å². The van der Waals surface area contributed by atoms with Gasteiger partial charge in [0.2, 0.25) is 5.91 Å². The predicted molar refractivity (Wildman–Crippen MR) is 126 cm³/mol. The molecule has 1 aromatic carbocycles. The van der Waals surface area contributed by atoms with Gasteiger partial charge in [-0.15, -0.1) is 11.3 Å². The molecule has 1 aliphatic heterocycles. The number of thiophene rings is 1. The number of nitrogens with one attached hydrogen (secondary N) is 1. The molecule has 1 amide bonds. The first-order valence-corrected chi connectivity index (χ1v) is 11.2. The molecule has 3 aromatic heterocycles. The SMILES string of the molecule is COc1cc(C)cc2cc(-c3cc(CN4CCNC(C(N)=O)C4)n4ncnc(N)c34)sc12. The molecular formula is C22H25N7O2S. The summed E-state index contributed by atoms with van der Waals surface area (Å²) in [4.78, 5) is 19.1. The number of benzene rings is 1. The number of primary amides is 1. The maximum absolute atomic E-state index is 11.6. The average Bonchev–Trinajstić information content (AvgIpc) is 3.35. The number of aryl methyl sites for hydroxylation is 1. The molecule has 0 aliphatic carbocycles. The van der Waals surface area contributed by atoms with E-state index in [0.29, 0.717) is 25.5 Å². The number of nitrogens with zero attached hydrogens (tertiary/aromatic N) is 4. The van der Waals surface area contributed by atoms with Crippen molar-refractivity contribution in [3.05, 3.63) is 41.9 Å². The third kappa shape index (κ3) is 3.56. The quantitative estimate of drug-likeness (QED) is 0.422. The van der Waals surface area contributed by atoms with E-state index >= 15 is 0 Å². The third-order valence-corrected chi connectivity index (χ3v) is 7.06. The monoisotopic (exact) mass is 451 g/mol. The highest BCUT2D eigenvalue weighted by molar-refractivity contribution is 7.22. The summed E-state index contributed by atoms with van der Waals surface area (Å²) in [6, 6.07) is 8.12. The van der Waals surface area contributed by atoms with Crippen LogP contribution in [0.1, 0.15) is 11.3 Å². The number of fused-ring (bicyclic) bond motifs is 2. The predicted octanol–water partition coefficient (Wildman–Crippen LogP) is 1.77. The Morgan fingerprint density at radius 2 is 2.19 bits per heavy atom. The molecular weight excluding hydrogens is 426 g/mol. The van der Waals surface area contributed by atoms with Crippen LogP contribution in [0.5, 0.6) is 5.75 Å². The Hall–Kier alpha value is -3.21. The molecule has 5 N–H and O–H groups in total. The van der Waals surface area contributed by atoms with Gasteiger partial charge in [-0.1, -0.05) is 6.07 Å². The van der Waals surface area contributed by atoms with Crippen molar-refractivity contribution in [1.82, 2.24) is 24.8 Å². The minimum Gasteiger partial charge on any atom is -0.495 e. The molecule has 4 aromatic rings. The molecule has 10 heteroatoms. The molecule has 5 rings (SSSR count). The standard InChI is InChI=1S/C22H25N7O2S/c1-12-5-13-7-18(32-20(13)17(6-12)31-2)15-8-14(29-19(15)21(23)26-11-27-29)9-28-4-3-25-16(10-28)22(24)30/h5-8,11,16,25H,3-4,9-10H2,1-2H3,(H2,24,30)(H2,23,26,27). The van der Waals surface area contributed by atoms with E-state index in [4.69, 9.17) is 16.2 Å². The van der Waals surface area contributed by atoms with E-state index < -0.39 is 0 Å². The molecule has 1 unspecified atom stereocenters. The molecule has 166 valence electrons. The number of nitrogen functional groups attached to an aromatic ring is 1. The number of carbonyl (C=O) groups is 1. The Bertz CT molecular complexity index is 1330. The number of anilines is 1. The lowest BCUT2D eigenvalue weighted by molar-refractivity contribution is -0.121. The van der Waals surface area contributed by atoms with Crippen LogP contribution in [0.15, 0.2) is 30.6 Å². The van der Waals surface area contributed by atoms with Crippen LogP contribution in [0.25, 0.3) is 26.0 Å². The summed E-state index contributed by atoms with van der Waals surface area (Å²) in [5, 5.41) is 8.77. The largest absolute Gasteiger partial charge is 0.495 e. The van der Waals surface area contributed by atoms with E-state index in [9.17, 15) is 4.79 Å². The molecule has 0 spiro atoms. The first-order chi connectivity index (χ1) is 15.4. The van der Waals surface area contributed by atoms with Crippen LogP contribution < -0.4 is 21.5 Å². The zero-order valence-electron chi connectivity index (χ0n) is 18.0. The Kier molecular flexibility index (Phi) is 5.20. The van der Waals surface area contributed by atoms with Gasteiger partial charge in [0.15, 0.2) is 5.82 Å². The number of rotatable bonds is 5. The number of hydrogen-bond donors (Lipinski definition) is 3. The summed E-state index contributed by atoms with van der Waals surface area (Å²) < 4.78 is 8.56. The van der Waals surface area contributed by atoms with Gasteiger partial charge in [0.1, 0.15) is 17.6 Å². The minimum atomic E-state index is -0.354. The number of nitrogens with two attached hydrogens (primary N) is 2. The van der Waals surface area contributed by atoms with Crippen LogP contribution in [-0.2, 0) is 11.3 Å². The molecule has 9 nitrogen and oxygen atoms in total. The van der Waals surface area contributed by atoms with E-state index in [0.717, 1.165) is 49.6 Å². The molecule has 0 saturated carbocycles. The highest BCUT2D eigenvalue weighted by Crippen LogP contribution is 2.42. The number of hydrogen-bond acceptors (Lipinski definition) is 8. The van der Waals surface area contributed by atoms with Crippen LogP contribution >= 0.6 is 11.3 Å². The van der Waals surface area contributed by atoms with Crippen LogP contribution in [0.4, 0.5) is 5.82 Å². The highest BCUT2D eigenvalue weighted by Gasteiger charge is 2.25. The minimum absolute atomic E-state index is 0.337. The van der Waals surface area contributed by atoms with E-state index in [-0.39, 0.29) is 11.9 Å². The van der Waals surface area contributed by atoms with Crippen LogP contribution in [0.3, 0.4) is 0 Å². The zero-order chi connectivity index (χ0) is 22.4. The number of ether oxygens (including phenoxy) is 1. The van der Waals surface area contributed by atoms with Crippen LogP contribution in [0, 0.1) is 6.92 Å². The number of carbonyl (C=O) groups excluding carboxylic acids is 1. The normalized spacial score (nSPS) is 17.2. The van der Waals surface area contributed by atoms with Gasteiger partial charge in [0.25, 0.3) is 0 Å². The van der Waals surface area contributed by atoms with Gasteiger partial charge in [-0.2, -0.15) is 5.10 Å². The van der Waals surface area contributed by atoms with Gasteiger partial charge in [0, 0.05) is 36.6 Å². The van der Waals surface area contributed by atoms with Gasteiger partial charge in [-0.05, 0) is 36.1 Å². The van der Waals surface area contributed by atoms with Crippen molar-refractivity contribution >= 4 is 38.7 Å². The molecule has 0 radical (unpaired) electrons. The first-order valence-electron chi connectivity index (χ1n) is 10.4. The van der Waals surface area contributed by atoms with Crippen molar-refractivity contribution in [2.45, 2.75) is 19.5 Å². The summed E-state index contributed by atoms with van der Waals surface area (Å²) in [6.07, 6.45) is 1.47. The molecule has 1 fully saturated rings. The topological polar surface area (TPSA) is 124 Å². The number of amides is 1. The van der Waals surface area contributed by atoms with Crippen molar-refractivity contribution in [2.75, 3.05) is 32.5 Å². The second kappa shape index (κ2) is 8.05. The van der Waals surface area contributed by atoms with E-state index in [2.05, 4.69) is 45.4 Å². The first kappa shape index (κ1) is 20.7. The fourth-order valence-corrected chi connectivity index (χ4v) is 5.51. The fraction of sp³-hybridized carbons (Fsp3) is 0.318. The molecule has 1 aliphatic rings. The third-order valence-electron chi connectivity index (χ3n) is 5.86. The lowest BCUT2D eigenvalue weighted by atomic mass is 10.1. The van der Waals surface area contributed by atoms with Gasteiger partial charge in [-0.25, -0.2) is 9.50 Å². The number of methoxy groups -OCH3 is 1. The molecule has 4 heterocycles. The molecule has 1 saturated heterocycles. The van der Waals surface area contributed by atoms with Crippen LogP contribution in [0.2, 0.25) is 0 Å². The lowest BCUT2D eigenvalue weighted by Gasteiger charge is -2.31. The molecule has 32 heavy (non-hydrogen) atoms. The zero-order valence-corrected chi connectivity index (χ0v) is 18.8. The van der Waals surface area contributed by atoms with E-state index in [1.165, 1.54) is 6.33 Å². The van der Waals surface area contributed by atoms with E-state index in [1.807, 2.05) is 10.6 Å². The summed E-state index contributed by atoms with van der Waals surface area (Å²) >= 11 is 1.66. The number of piperazine rings is 1. The molecule has 1 atom stereocenters. The molecule has 0 bridgehead atoms. The summed E-state index contributed by atoms with van der Waals surface area (Å²) in [5.74, 6) is 0.955. The van der Waals surface area contributed by atoms with Gasteiger partial charge < -0.3 is 21.5 Å². The van der Waals surface area contributed by atoms with Crippen molar-refractivity contribution in [3.63, 3.8) is 0 Å². The second-order valence-electron chi connectivity index (χ2n) is 8.10. The maximum atomic E-state index is 11.6. The summed E-state index contributed by atoms with van der Waals surface area (Å²) in [5.41, 5.74) is 15.7. The van der Waals surface area contributed by atoms with Gasteiger partial charge >= 0.3 is 0 Å². The maximum Gasteiger partial charge on any atom is 0.235 e. The Morgan fingerprint density at radius 1 is 1.34 bits per heavy atom. The second-order valence-corrected chi connectivity index (χ2v) is 9.15. The van der Waals surface area contributed by atoms with E-state index in [1.54, 1.807) is 18.4 Å². The summed E-state index contributed by atoms with van der Waals surface area (Å²) in [6.45, 7) is 4.75. The van der Waals surface area contributed by atoms with Crippen molar-refractivity contribution in [3.8, 4) is 16.2 Å².